The first kappa shape index (κ1) is 23.0. The lowest BCUT2D eigenvalue weighted by molar-refractivity contribution is -0.139. The molecule has 3 aromatic rings. The Kier molecular flexibility index (Phi) is 6.85. The molecule has 164 valence electrons. The Morgan fingerprint density at radius 2 is 1.84 bits per heavy atom. The van der Waals surface area contributed by atoms with Gasteiger partial charge in [0.25, 0.3) is 0 Å². The minimum atomic E-state index is -4.38. The van der Waals surface area contributed by atoms with Gasteiger partial charge >= 0.3 is 12.1 Å². The first-order chi connectivity index (χ1) is 14.5. The Morgan fingerprint density at radius 3 is 2.42 bits per heavy atom. The molecular formula is C20H18F3N3O3S2. The zero-order valence-electron chi connectivity index (χ0n) is 16.5. The molecule has 0 saturated carbocycles. The Balaban J connectivity index is 1.53. The minimum absolute atomic E-state index is 0.285. The van der Waals surface area contributed by atoms with E-state index in [1.54, 1.807) is 26.0 Å². The molecule has 0 amide bonds. The summed E-state index contributed by atoms with van der Waals surface area (Å²) in [6.07, 6.45) is -3.88. The van der Waals surface area contributed by atoms with Gasteiger partial charge < -0.3 is 9.84 Å². The molecule has 11 heteroatoms. The second-order valence-corrected chi connectivity index (χ2v) is 9.68. The lowest BCUT2D eigenvalue weighted by atomic mass is 10.1. The van der Waals surface area contributed by atoms with Crippen LogP contribution in [0.5, 0.6) is 5.88 Å². The van der Waals surface area contributed by atoms with Crippen molar-refractivity contribution in [2.75, 3.05) is 6.61 Å². The molecular weight excluding hydrogens is 451 g/mol. The quantitative estimate of drug-likeness (QED) is 0.454. The third kappa shape index (κ3) is 6.17. The number of ether oxygens (including phenoxy) is 1. The van der Waals surface area contributed by atoms with Crippen LogP contribution in [0.3, 0.4) is 0 Å². The van der Waals surface area contributed by atoms with Crippen molar-refractivity contribution in [3.05, 3.63) is 53.0 Å². The number of rotatable bonds is 8. The molecule has 0 spiro atoms. The number of aliphatic carboxylic acids is 1. The zero-order valence-corrected chi connectivity index (χ0v) is 18.1. The summed E-state index contributed by atoms with van der Waals surface area (Å²) in [6, 6.07) is 7.90. The maximum absolute atomic E-state index is 12.6. The summed E-state index contributed by atoms with van der Waals surface area (Å²) >= 11 is 2.57. The zero-order chi connectivity index (χ0) is 22.6. The minimum Gasteiger partial charge on any atom is -0.480 e. The van der Waals surface area contributed by atoms with Gasteiger partial charge in [-0.25, -0.2) is 4.98 Å². The molecule has 2 aromatic heterocycles. The molecule has 1 N–H and O–H groups in total. The van der Waals surface area contributed by atoms with Gasteiger partial charge in [0.05, 0.1) is 23.6 Å². The van der Waals surface area contributed by atoms with Crippen LogP contribution in [-0.2, 0) is 17.4 Å². The van der Waals surface area contributed by atoms with E-state index in [9.17, 15) is 23.1 Å². The number of thioether (sulfide) groups is 1. The van der Waals surface area contributed by atoms with E-state index in [-0.39, 0.29) is 5.88 Å². The van der Waals surface area contributed by atoms with Crippen LogP contribution in [0, 0.1) is 0 Å². The van der Waals surface area contributed by atoms with Crippen LogP contribution < -0.4 is 4.74 Å². The smallest absolute Gasteiger partial charge is 0.416 e. The number of carboxylic acids is 1. The Labute approximate surface area is 184 Å². The van der Waals surface area contributed by atoms with E-state index < -0.39 is 22.5 Å². The number of aromatic nitrogens is 3. The molecule has 6 nitrogen and oxygen atoms in total. The van der Waals surface area contributed by atoms with E-state index in [0.717, 1.165) is 17.8 Å². The molecule has 0 fully saturated rings. The standard InChI is InChI=1S/C20H18F3N3O3S2/c1-19(2,17(27)28)31-18-24-14(11-30-18)9-10-29-16-8-7-15(25-26-16)12-3-5-13(6-4-12)20(21,22)23/h3-8,11H,9-10H2,1-2H3,(H,27,28). The number of halogens is 3. The van der Waals surface area contributed by atoms with Crippen molar-refractivity contribution in [1.29, 1.82) is 0 Å². The van der Waals surface area contributed by atoms with Crippen molar-refractivity contribution >= 4 is 29.1 Å². The SMILES string of the molecule is CC(C)(Sc1nc(CCOc2ccc(-c3ccc(C(F)(F)F)cc3)nn2)cs1)C(=O)O. The summed E-state index contributed by atoms with van der Waals surface area (Å²) in [5.74, 6) is -0.622. The molecule has 0 atom stereocenters. The Hall–Kier alpha value is -2.66. The maximum atomic E-state index is 12.6. The number of hydrogen-bond donors (Lipinski definition) is 1. The molecule has 0 aliphatic rings. The van der Waals surface area contributed by atoms with Crippen LogP contribution in [0.25, 0.3) is 11.3 Å². The van der Waals surface area contributed by atoms with Gasteiger partial charge in [0.15, 0.2) is 4.34 Å². The molecule has 0 bridgehead atoms. The van der Waals surface area contributed by atoms with Gasteiger partial charge in [-0.1, -0.05) is 23.9 Å². The van der Waals surface area contributed by atoms with Crippen molar-refractivity contribution < 1.29 is 27.8 Å². The highest BCUT2D eigenvalue weighted by Gasteiger charge is 2.30. The fourth-order valence-electron chi connectivity index (χ4n) is 2.35. The van der Waals surface area contributed by atoms with Crippen LogP contribution in [-0.4, -0.2) is 37.6 Å². The molecule has 0 unspecified atom stereocenters. The van der Waals surface area contributed by atoms with Crippen molar-refractivity contribution in [2.45, 2.75) is 35.5 Å². The van der Waals surface area contributed by atoms with E-state index in [4.69, 9.17) is 4.74 Å². The van der Waals surface area contributed by atoms with E-state index in [1.165, 1.54) is 35.2 Å². The highest BCUT2D eigenvalue weighted by Crippen LogP contribution is 2.35. The van der Waals surface area contributed by atoms with E-state index in [2.05, 4.69) is 15.2 Å². The number of carboxylic acid groups (broad SMARTS) is 1. The molecule has 0 aliphatic heterocycles. The predicted molar refractivity (Wildman–Crippen MR) is 111 cm³/mol. The van der Waals surface area contributed by atoms with Crippen LogP contribution in [0.4, 0.5) is 13.2 Å². The molecule has 3 rings (SSSR count). The van der Waals surface area contributed by atoms with Gasteiger partial charge in [-0.05, 0) is 32.0 Å². The molecule has 0 saturated heterocycles. The van der Waals surface area contributed by atoms with E-state index in [1.807, 2.05) is 5.38 Å². The number of hydrogen-bond acceptors (Lipinski definition) is 7. The average Bonchev–Trinajstić information content (AvgIpc) is 3.14. The molecule has 0 aliphatic carbocycles. The van der Waals surface area contributed by atoms with Gasteiger partial charge in [-0.3, -0.25) is 4.79 Å². The normalized spacial score (nSPS) is 12.0. The van der Waals surface area contributed by atoms with Gasteiger partial charge in [0, 0.05) is 23.4 Å². The molecule has 2 heterocycles. The largest absolute Gasteiger partial charge is 0.480 e. The van der Waals surface area contributed by atoms with Crippen molar-refractivity contribution in [3.8, 4) is 17.1 Å². The first-order valence-electron chi connectivity index (χ1n) is 9.05. The molecule has 0 radical (unpaired) electrons. The highest BCUT2D eigenvalue weighted by molar-refractivity contribution is 8.02. The monoisotopic (exact) mass is 469 g/mol. The Morgan fingerprint density at radius 1 is 1.13 bits per heavy atom. The summed E-state index contributed by atoms with van der Waals surface area (Å²) in [7, 11) is 0. The van der Waals surface area contributed by atoms with E-state index in [0.29, 0.717) is 28.6 Å². The summed E-state index contributed by atoms with van der Waals surface area (Å²) in [5, 5.41) is 19.0. The summed E-state index contributed by atoms with van der Waals surface area (Å²) in [5.41, 5.74) is 1.01. The Bertz CT molecular complexity index is 1040. The third-order valence-corrected chi connectivity index (χ3v) is 6.32. The summed E-state index contributed by atoms with van der Waals surface area (Å²) < 4.78 is 43.2. The average molecular weight is 470 g/mol. The maximum Gasteiger partial charge on any atom is 0.416 e. The number of benzene rings is 1. The lowest BCUT2D eigenvalue weighted by Gasteiger charge is -2.15. The fraction of sp³-hybridized carbons (Fsp3) is 0.300. The molecule has 1 aromatic carbocycles. The first-order valence-corrected chi connectivity index (χ1v) is 10.8. The number of nitrogens with zero attached hydrogens (tertiary/aromatic N) is 3. The predicted octanol–water partition coefficient (Wildman–Crippen LogP) is 5.20. The molecule has 31 heavy (non-hydrogen) atoms. The second kappa shape index (κ2) is 9.23. The second-order valence-electron chi connectivity index (χ2n) is 6.95. The van der Waals surface area contributed by atoms with Gasteiger partial charge in [-0.15, -0.1) is 21.5 Å². The summed E-state index contributed by atoms with van der Waals surface area (Å²) in [4.78, 5) is 15.6. The van der Waals surface area contributed by atoms with E-state index >= 15 is 0 Å². The van der Waals surface area contributed by atoms with Crippen molar-refractivity contribution in [3.63, 3.8) is 0 Å². The number of alkyl halides is 3. The van der Waals surface area contributed by atoms with Gasteiger partial charge in [0.1, 0.15) is 4.75 Å². The van der Waals surface area contributed by atoms with Gasteiger partial charge in [-0.2, -0.15) is 13.2 Å². The topological polar surface area (TPSA) is 85.2 Å². The number of carbonyl (C=O) groups is 1. The van der Waals surface area contributed by atoms with Crippen LogP contribution in [0.15, 0.2) is 46.1 Å². The van der Waals surface area contributed by atoms with Gasteiger partial charge in [0.2, 0.25) is 5.88 Å². The van der Waals surface area contributed by atoms with Crippen molar-refractivity contribution in [1.82, 2.24) is 15.2 Å². The lowest BCUT2D eigenvalue weighted by Crippen LogP contribution is -2.26. The number of thiazole rings is 1. The fourth-order valence-corrected chi connectivity index (χ4v) is 4.58. The van der Waals surface area contributed by atoms with Crippen LogP contribution in [0.1, 0.15) is 25.1 Å². The van der Waals surface area contributed by atoms with Crippen molar-refractivity contribution in [2.24, 2.45) is 0 Å². The highest BCUT2D eigenvalue weighted by atomic mass is 32.2. The third-order valence-electron chi connectivity index (χ3n) is 4.14. The van der Waals surface area contributed by atoms with Crippen LogP contribution >= 0.6 is 23.1 Å². The van der Waals surface area contributed by atoms with Crippen LogP contribution in [0.2, 0.25) is 0 Å². The summed E-state index contributed by atoms with van der Waals surface area (Å²) in [6.45, 7) is 3.54.